The third-order valence-electron chi connectivity index (χ3n) is 5.14. The second kappa shape index (κ2) is 7.36. The van der Waals surface area contributed by atoms with E-state index in [-0.39, 0.29) is 18.2 Å². The van der Waals surface area contributed by atoms with Gasteiger partial charge in [0.2, 0.25) is 10.0 Å². The number of hydrogen-bond donors (Lipinski definition) is 1. The van der Waals surface area contributed by atoms with E-state index >= 15 is 0 Å². The summed E-state index contributed by atoms with van der Waals surface area (Å²) in [6, 6.07) is 6.10. The van der Waals surface area contributed by atoms with Crippen LogP contribution in [0.3, 0.4) is 0 Å². The topological polar surface area (TPSA) is 86.8 Å². The van der Waals surface area contributed by atoms with E-state index in [0.717, 1.165) is 17.7 Å². The van der Waals surface area contributed by atoms with Crippen molar-refractivity contribution in [1.29, 1.82) is 0 Å². The van der Waals surface area contributed by atoms with Gasteiger partial charge in [-0.1, -0.05) is 31.2 Å². The molecule has 2 heterocycles. The van der Waals surface area contributed by atoms with Crippen LogP contribution in [0.15, 0.2) is 24.3 Å². The van der Waals surface area contributed by atoms with Crippen LogP contribution in [-0.4, -0.2) is 48.7 Å². The number of nitrogens with one attached hydrogen (secondary N) is 1. The molecular formula is C18H25N3O4S. The summed E-state index contributed by atoms with van der Waals surface area (Å²) < 4.78 is 27.2. The van der Waals surface area contributed by atoms with Gasteiger partial charge in [0.05, 0.1) is 12.3 Å². The van der Waals surface area contributed by atoms with E-state index < -0.39 is 22.1 Å². The number of hydrogen-bond acceptors (Lipinski definition) is 4. The summed E-state index contributed by atoms with van der Waals surface area (Å²) in [4.78, 5) is 25.2. The van der Waals surface area contributed by atoms with E-state index in [9.17, 15) is 18.0 Å². The highest BCUT2D eigenvalue weighted by atomic mass is 32.2. The first-order chi connectivity index (χ1) is 12.3. The van der Waals surface area contributed by atoms with Crippen molar-refractivity contribution in [2.75, 3.05) is 13.1 Å². The zero-order chi connectivity index (χ0) is 18.9. The monoisotopic (exact) mass is 379 g/mol. The minimum absolute atomic E-state index is 0.0811. The van der Waals surface area contributed by atoms with Crippen molar-refractivity contribution in [1.82, 2.24) is 14.5 Å². The Morgan fingerprint density at radius 1 is 1.08 bits per heavy atom. The van der Waals surface area contributed by atoms with Gasteiger partial charge < -0.3 is 5.32 Å². The molecular weight excluding hydrogens is 354 g/mol. The summed E-state index contributed by atoms with van der Waals surface area (Å²) in [7, 11) is -3.42. The number of amides is 3. The Labute approximate surface area is 154 Å². The second-order valence-electron chi connectivity index (χ2n) is 7.20. The van der Waals surface area contributed by atoms with E-state index in [0.29, 0.717) is 30.1 Å². The molecule has 3 rings (SSSR count). The van der Waals surface area contributed by atoms with Crippen LogP contribution in [0.2, 0.25) is 0 Å². The molecule has 0 aliphatic carbocycles. The van der Waals surface area contributed by atoms with Gasteiger partial charge in [-0.05, 0) is 36.8 Å². The molecule has 2 aliphatic heterocycles. The summed E-state index contributed by atoms with van der Waals surface area (Å²) in [5, 5.41) is 2.57. The molecule has 0 spiro atoms. The van der Waals surface area contributed by atoms with Gasteiger partial charge in [-0.15, -0.1) is 0 Å². The maximum absolute atomic E-state index is 12.8. The quantitative estimate of drug-likeness (QED) is 0.789. The van der Waals surface area contributed by atoms with Gasteiger partial charge in [-0.25, -0.2) is 17.5 Å². The summed E-state index contributed by atoms with van der Waals surface area (Å²) in [6.45, 7) is 4.95. The van der Waals surface area contributed by atoms with E-state index in [1.807, 2.05) is 0 Å². The molecule has 0 bridgehead atoms. The lowest BCUT2D eigenvalue weighted by molar-refractivity contribution is -0.127. The lowest BCUT2D eigenvalue weighted by atomic mass is 10.0. The van der Waals surface area contributed by atoms with Gasteiger partial charge in [0.25, 0.3) is 5.91 Å². The Morgan fingerprint density at radius 2 is 1.69 bits per heavy atom. The standard InChI is InChI=1S/C18H25N3O4S/c1-13-7-9-20(10-8-13)26(24,25)12-16-6-4-3-5-15(16)11-21-17(22)14(2)19-18(21)23/h3-6,13-14H,7-12H2,1-2H3,(H,19,23)/t14-/m0/s1. The molecule has 142 valence electrons. The van der Waals surface area contributed by atoms with Crippen molar-refractivity contribution < 1.29 is 18.0 Å². The van der Waals surface area contributed by atoms with E-state index in [1.165, 1.54) is 0 Å². The van der Waals surface area contributed by atoms with Gasteiger partial charge in [-0.2, -0.15) is 0 Å². The fourth-order valence-corrected chi connectivity index (χ4v) is 5.01. The number of sulfonamides is 1. The predicted octanol–water partition coefficient (Wildman–Crippen LogP) is 1.69. The molecule has 8 heteroatoms. The highest BCUT2D eigenvalue weighted by Gasteiger charge is 2.35. The highest BCUT2D eigenvalue weighted by molar-refractivity contribution is 7.88. The van der Waals surface area contributed by atoms with E-state index in [1.54, 1.807) is 35.5 Å². The average molecular weight is 379 g/mol. The largest absolute Gasteiger partial charge is 0.326 e. The number of nitrogens with zero attached hydrogens (tertiary/aromatic N) is 2. The first-order valence-electron chi connectivity index (χ1n) is 8.94. The Kier molecular flexibility index (Phi) is 5.34. The second-order valence-corrected chi connectivity index (χ2v) is 9.17. The van der Waals surface area contributed by atoms with Crippen LogP contribution < -0.4 is 5.32 Å². The zero-order valence-corrected chi connectivity index (χ0v) is 16.0. The fourth-order valence-electron chi connectivity index (χ4n) is 3.38. The Hall–Kier alpha value is -1.93. The average Bonchev–Trinajstić information content (AvgIpc) is 2.83. The Morgan fingerprint density at radius 3 is 2.27 bits per heavy atom. The van der Waals surface area contributed by atoms with Gasteiger partial charge in [0.15, 0.2) is 0 Å². The lowest BCUT2D eigenvalue weighted by Gasteiger charge is -2.29. The first kappa shape index (κ1) is 18.8. The molecule has 7 nitrogen and oxygen atoms in total. The summed E-state index contributed by atoms with van der Waals surface area (Å²) >= 11 is 0. The van der Waals surface area contributed by atoms with Crippen LogP contribution in [0.5, 0.6) is 0 Å². The molecule has 1 atom stereocenters. The molecule has 1 aromatic carbocycles. The van der Waals surface area contributed by atoms with Crippen molar-refractivity contribution in [3.63, 3.8) is 0 Å². The number of rotatable bonds is 5. The maximum Gasteiger partial charge on any atom is 0.325 e. The third kappa shape index (κ3) is 3.91. The number of benzene rings is 1. The van der Waals surface area contributed by atoms with Crippen molar-refractivity contribution in [2.45, 2.75) is 45.0 Å². The van der Waals surface area contributed by atoms with E-state index in [2.05, 4.69) is 12.2 Å². The van der Waals surface area contributed by atoms with Gasteiger partial charge >= 0.3 is 6.03 Å². The molecule has 1 aromatic rings. The van der Waals surface area contributed by atoms with E-state index in [4.69, 9.17) is 0 Å². The SMILES string of the molecule is CC1CCN(S(=O)(=O)Cc2ccccc2CN2C(=O)N[C@@H](C)C2=O)CC1. The minimum atomic E-state index is -3.42. The number of carbonyl (C=O) groups is 2. The van der Waals surface area contributed by atoms with Crippen LogP contribution >= 0.6 is 0 Å². The molecule has 3 amide bonds. The summed E-state index contributed by atoms with van der Waals surface area (Å²) in [5.74, 6) is 0.143. The molecule has 2 saturated heterocycles. The lowest BCUT2D eigenvalue weighted by Crippen LogP contribution is -2.38. The molecule has 1 N–H and O–H groups in total. The number of piperidine rings is 1. The van der Waals surface area contributed by atoms with Crippen molar-refractivity contribution in [2.24, 2.45) is 5.92 Å². The molecule has 0 aromatic heterocycles. The highest BCUT2D eigenvalue weighted by Crippen LogP contribution is 2.23. The normalized spacial score (nSPS) is 22.7. The van der Waals surface area contributed by atoms with Crippen molar-refractivity contribution in [3.8, 4) is 0 Å². The van der Waals surface area contributed by atoms with Crippen LogP contribution in [0.4, 0.5) is 4.79 Å². The molecule has 26 heavy (non-hydrogen) atoms. The van der Waals surface area contributed by atoms with Crippen molar-refractivity contribution >= 4 is 22.0 Å². The van der Waals surface area contributed by atoms with Crippen molar-refractivity contribution in [3.05, 3.63) is 35.4 Å². The Bertz CT molecular complexity index is 800. The third-order valence-corrected chi connectivity index (χ3v) is 6.97. The Balaban J connectivity index is 1.77. The molecule has 2 fully saturated rings. The number of carbonyl (C=O) groups excluding carboxylic acids is 2. The minimum Gasteiger partial charge on any atom is -0.326 e. The fraction of sp³-hybridized carbons (Fsp3) is 0.556. The zero-order valence-electron chi connectivity index (χ0n) is 15.1. The van der Waals surface area contributed by atoms with Crippen LogP contribution in [0.1, 0.15) is 37.8 Å². The van der Waals surface area contributed by atoms with Crippen LogP contribution in [0, 0.1) is 5.92 Å². The molecule has 0 radical (unpaired) electrons. The number of imide groups is 1. The van der Waals surface area contributed by atoms with Crippen LogP contribution in [0.25, 0.3) is 0 Å². The van der Waals surface area contributed by atoms with Gasteiger partial charge in [0, 0.05) is 13.1 Å². The summed E-state index contributed by atoms with van der Waals surface area (Å²) in [5.41, 5.74) is 1.31. The maximum atomic E-state index is 12.8. The van der Waals surface area contributed by atoms with Crippen LogP contribution in [-0.2, 0) is 27.1 Å². The summed E-state index contributed by atoms with van der Waals surface area (Å²) in [6.07, 6.45) is 1.75. The first-order valence-corrected chi connectivity index (χ1v) is 10.6. The predicted molar refractivity (Wildman–Crippen MR) is 97.6 cm³/mol. The molecule has 0 saturated carbocycles. The molecule has 2 aliphatic rings. The van der Waals surface area contributed by atoms with Gasteiger partial charge in [-0.3, -0.25) is 9.69 Å². The molecule has 0 unspecified atom stereocenters. The van der Waals surface area contributed by atoms with Gasteiger partial charge in [0.1, 0.15) is 6.04 Å². The smallest absolute Gasteiger partial charge is 0.325 e. The number of urea groups is 1.